The molecule has 1 N–H and O–H groups in total. The molecule has 1 aromatic rings. The molecule has 2 bridgehead atoms. The molecule has 1 aromatic carbocycles. The van der Waals surface area contributed by atoms with Crippen LogP contribution in [0.25, 0.3) is 0 Å². The number of fused-ring (bicyclic) bond motifs is 1. The molecular formula is C33H46N2O5S. The second kappa shape index (κ2) is 13.2. The van der Waals surface area contributed by atoms with Crippen molar-refractivity contribution in [2.45, 2.75) is 88.3 Å². The zero-order valence-corrected chi connectivity index (χ0v) is 25.8. The van der Waals surface area contributed by atoms with Gasteiger partial charge >= 0.3 is 5.97 Å². The molecule has 0 aromatic heterocycles. The molecule has 3 fully saturated rings. The Bertz CT molecular complexity index is 1150. The smallest absolute Gasteiger partial charge is 0.310 e. The summed E-state index contributed by atoms with van der Waals surface area (Å²) < 4.78 is 4.99. The molecular weight excluding hydrogens is 536 g/mol. The van der Waals surface area contributed by atoms with Gasteiger partial charge in [0, 0.05) is 17.5 Å². The van der Waals surface area contributed by atoms with Gasteiger partial charge < -0.3 is 19.6 Å². The Morgan fingerprint density at radius 3 is 2.54 bits per heavy atom. The Morgan fingerprint density at radius 2 is 1.93 bits per heavy atom. The van der Waals surface area contributed by atoms with Gasteiger partial charge in [-0.15, -0.1) is 24.9 Å². The average Bonchev–Trinajstić information content (AvgIpc) is 3.58. The largest absolute Gasteiger partial charge is 0.465 e. The molecule has 3 saturated heterocycles. The van der Waals surface area contributed by atoms with E-state index in [2.05, 4.69) is 13.2 Å². The Balaban J connectivity index is 1.75. The monoisotopic (exact) mass is 582 g/mol. The lowest BCUT2D eigenvalue weighted by Gasteiger charge is -2.40. The normalized spacial score (nSPS) is 27.2. The number of unbranched alkanes of at least 4 members (excludes halogenated alkanes) is 2. The van der Waals surface area contributed by atoms with E-state index in [9.17, 15) is 19.5 Å². The number of anilines is 1. The number of nitrogens with zero attached hydrogens (tertiary/aromatic N) is 2. The van der Waals surface area contributed by atoms with Gasteiger partial charge in [-0.2, -0.15) is 0 Å². The van der Waals surface area contributed by atoms with Crippen LogP contribution in [0.5, 0.6) is 0 Å². The number of hydrogen-bond acceptors (Lipinski definition) is 6. The van der Waals surface area contributed by atoms with Crippen LogP contribution in [-0.2, 0) is 19.1 Å². The highest BCUT2D eigenvalue weighted by molar-refractivity contribution is 8.02. The summed E-state index contributed by atoms with van der Waals surface area (Å²) in [5, 5.41) is 10.5. The second-order valence-corrected chi connectivity index (χ2v) is 13.8. The van der Waals surface area contributed by atoms with E-state index in [4.69, 9.17) is 4.74 Å². The van der Waals surface area contributed by atoms with E-state index in [0.29, 0.717) is 26.0 Å². The molecule has 3 aliphatic heterocycles. The first-order chi connectivity index (χ1) is 19.6. The van der Waals surface area contributed by atoms with Crippen LogP contribution in [0.15, 0.2) is 43.5 Å². The number of ether oxygens (including phenoxy) is 1. The number of aliphatic hydroxyl groups excluding tert-OH is 1. The van der Waals surface area contributed by atoms with Gasteiger partial charge in [-0.3, -0.25) is 14.4 Å². The van der Waals surface area contributed by atoms with Crippen LogP contribution in [0.2, 0.25) is 0 Å². The predicted molar refractivity (Wildman–Crippen MR) is 165 cm³/mol. The van der Waals surface area contributed by atoms with Crippen LogP contribution < -0.4 is 4.90 Å². The lowest BCUT2D eigenvalue weighted by Crippen LogP contribution is -2.58. The number of esters is 1. The van der Waals surface area contributed by atoms with Crippen LogP contribution in [0.1, 0.15) is 63.5 Å². The Labute approximate surface area is 249 Å². The third kappa shape index (κ3) is 5.74. The van der Waals surface area contributed by atoms with Crippen molar-refractivity contribution >= 4 is 35.2 Å². The minimum absolute atomic E-state index is 0.0622. The van der Waals surface area contributed by atoms with E-state index in [0.717, 1.165) is 42.5 Å². The summed E-state index contributed by atoms with van der Waals surface area (Å²) in [7, 11) is 0. The summed E-state index contributed by atoms with van der Waals surface area (Å²) in [5.74, 6) is -1.75. The fourth-order valence-electron chi connectivity index (χ4n) is 7.31. The number of para-hydroxylation sites is 1. The Kier molecular flexibility index (Phi) is 10.1. The number of carbonyl (C=O) groups is 3. The van der Waals surface area contributed by atoms with Gasteiger partial charge in [-0.1, -0.05) is 44.2 Å². The maximum atomic E-state index is 14.8. The predicted octanol–water partition coefficient (Wildman–Crippen LogP) is 5.22. The van der Waals surface area contributed by atoms with Crippen LogP contribution in [0.3, 0.4) is 0 Å². The van der Waals surface area contributed by atoms with E-state index < -0.39 is 28.7 Å². The first-order valence-electron chi connectivity index (χ1n) is 15.0. The molecule has 0 aliphatic carbocycles. The topological polar surface area (TPSA) is 87.1 Å². The van der Waals surface area contributed by atoms with E-state index in [1.54, 1.807) is 27.6 Å². The molecule has 8 heteroatoms. The number of rotatable bonds is 14. The van der Waals surface area contributed by atoms with Gasteiger partial charge in [0.15, 0.2) is 0 Å². The maximum Gasteiger partial charge on any atom is 0.310 e. The Hall–Kier alpha value is -2.58. The maximum absolute atomic E-state index is 14.8. The van der Waals surface area contributed by atoms with Crippen molar-refractivity contribution in [3.8, 4) is 0 Å². The molecule has 4 rings (SSSR count). The highest BCUT2D eigenvalue weighted by atomic mass is 32.2. The molecule has 224 valence electrons. The van der Waals surface area contributed by atoms with Crippen LogP contribution in [0, 0.1) is 31.6 Å². The quantitative estimate of drug-likeness (QED) is 0.184. The number of amides is 2. The average molecular weight is 583 g/mol. The first-order valence-corrected chi connectivity index (χ1v) is 15.9. The van der Waals surface area contributed by atoms with Gasteiger partial charge in [0.2, 0.25) is 5.91 Å². The van der Waals surface area contributed by atoms with Crippen molar-refractivity contribution in [1.29, 1.82) is 0 Å². The fraction of sp³-hybridized carbons (Fsp3) is 0.606. The van der Waals surface area contributed by atoms with Crippen LogP contribution in [0.4, 0.5) is 5.69 Å². The minimum atomic E-state index is -0.796. The van der Waals surface area contributed by atoms with Gasteiger partial charge in [0.05, 0.1) is 35.8 Å². The summed E-state index contributed by atoms with van der Waals surface area (Å²) in [5.41, 5.74) is 2.75. The molecule has 3 heterocycles. The summed E-state index contributed by atoms with van der Waals surface area (Å²) in [6.07, 6.45) is 8.04. The summed E-state index contributed by atoms with van der Waals surface area (Å²) >= 11 is 1.63. The van der Waals surface area contributed by atoms with Crippen molar-refractivity contribution in [2.75, 3.05) is 24.7 Å². The highest BCUT2D eigenvalue weighted by Crippen LogP contribution is 2.67. The molecule has 2 unspecified atom stereocenters. The number of aryl methyl sites for hydroxylation is 2. The Morgan fingerprint density at radius 1 is 1.22 bits per heavy atom. The molecule has 41 heavy (non-hydrogen) atoms. The molecule has 7 nitrogen and oxygen atoms in total. The second-order valence-electron chi connectivity index (χ2n) is 12.2. The van der Waals surface area contributed by atoms with E-state index >= 15 is 0 Å². The zero-order valence-electron chi connectivity index (χ0n) is 25.0. The van der Waals surface area contributed by atoms with Crippen molar-refractivity contribution < 1.29 is 24.2 Å². The number of thioether (sulfide) groups is 1. The number of benzene rings is 1. The number of hydrogen-bond donors (Lipinski definition) is 1. The summed E-state index contributed by atoms with van der Waals surface area (Å²) in [6, 6.07) is 4.62. The van der Waals surface area contributed by atoms with Gasteiger partial charge in [0.25, 0.3) is 5.91 Å². The number of likely N-dealkylation sites (tertiary alicyclic amines) is 1. The number of aliphatic hydroxyl groups is 1. The third-order valence-electron chi connectivity index (χ3n) is 8.93. The lowest BCUT2D eigenvalue weighted by atomic mass is 9.71. The molecule has 2 amide bonds. The third-order valence-corrected chi connectivity index (χ3v) is 10.9. The van der Waals surface area contributed by atoms with E-state index in [-0.39, 0.29) is 35.6 Å². The van der Waals surface area contributed by atoms with Crippen LogP contribution >= 0.6 is 11.8 Å². The highest BCUT2D eigenvalue weighted by Gasteiger charge is 2.74. The van der Waals surface area contributed by atoms with Crippen molar-refractivity contribution in [3.05, 3.63) is 54.6 Å². The number of carbonyl (C=O) groups excluding carboxylic acids is 3. The number of allylic oxidation sites excluding steroid dienone is 1. The van der Waals surface area contributed by atoms with Crippen molar-refractivity contribution in [2.24, 2.45) is 17.8 Å². The molecule has 1 spiro atoms. The summed E-state index contributed by atoms with van der Waals surface area (Å²) in [6.45, 7) is 16.1. The van der Waals surface area contributed by atoms with E-state index in [1.165, 1.54) is 0 Å². The van der Waals surface area contributed by atoms with Crippen molar-refractivity contribution in [3.63, 3.8) is 0 Å². The van der Waals surface area contributed by atoms with E-state index in [1.807, 2.05) is 52.0 Å². The standard InChI is InChI=1S/C33H46N2O5S/c1-7-9-10-11-18-40-32(39)26-25-15-16-33(41-25)27(26)30(37)35(24(20-36)19-21(3)4)29(33)31(38)34(17-8-2)28-22(5)13-12-14-23(28)6/h7-8,12-14,21,24-27,29,36H,1-2,9-11,15-20H2,3-6H3/t24-,25-,26+,27+,29?,33?/m1/s1. The van der Waals surface area contributed by atoms with Gasteiger partial charge in [-0.05, 0) is 69.4 Å². The minimum Gasteiger partial charge on any atom is -0.465 e. The molecule has 3 aliphatic rings. The zero-order chi connectivity index (χ0) is 29.9. The lowest BCUT2D eigenvalue weighted by molar-refractivity contribution is -0.154. The first kappa shape index (κ1) is 31.4. The molecule has 0 saturated carbocycles. The SMILES string of the molecule is C=CCCCCOC(=O)[C@@H]1[C@H]2C(=O)N([C@@H](CO)CC(C)C)C(C(=O)N(CC=C)c3c(C)cccc3C)C23CC[C@H]1S3. The summed E-state index contributed by atoms with van der Waals surface area (Å²) in [4.78, 5) is 46.2. The van der Waals surface area contributed by atoms with Gasteiger partial charge in [-0.25, -0.2) is 0 Å². The van der Waals surface area contributed by atoms with Crippen LogP contribution in [-0.4, -0.2) is 69.6 Å². The fourth-order valence-corrected chi connectivity index (χ4v) is 9.50. The molecule has 6 atom stereocenters. The van der Waals surface area contributed by atoms with Gasteiger partial charge in [0.1, 0.15) is 6.04 Å². The van der Waals surface area contributed by atoms with Crippen molar-refractivity contribution in [1.82, 2.24) is 4.90 Å². The molecule has 0 radical (unpaired) electrons.